The summed E-state index contributed by atoms with van der Waals surface area (Å²) in [6.07, 6.45) is 1.92. The summed E-state index contributed by atoms with van der Waals surface area (Å²) in [5.41, 5.74) is 0.255. The quantitative estimate of drug-likeness (QED) is 0.547. The number of likely N-dealkylation sites (N-methyl/N-ethyl adjacent to an activating group) is 2. The zero-order valence-electron chi connectivity index (χ0n) is 9.55. The lowest BCUT2D eigenvalue weighted by atomic mass is 9.87. The maximum absolute atomic E-state index is 5.28. The summed E-state index contributed by atoms with van der Waals surface area (Å²) >= 11 is 1.37. The van der Waals surface area contributed by atoms with Gasteiger partial charge in [0.05, 0.1) is 0 Å². The van der Waals surface area contributed by atoms with Gasteiger partial charge in [-0.25, -0.2) is 4.28 Å². The Bertz CT molecular complexity index is 136. The molecule has 0 aliphatic rings. The van der Waals surface area contributed by atoms with Crippen molar-refractivity contribution in [1.82, 2.24) is 10.4 Å². The lowest BCUT2D eigenvalue weighted by Crippen LogP contribution is -2.45. The SMILES string of the molecule is CNC(CN(C)OSC)C(C)(C)C. The van der Waals surface area contributed by atoms with Gasteiger partial charge in [-0.3, -0.25) is 0 Å². The second-order valence-corrected chi connectivity index (χ2v) is 4.74. The smallest absolute Gasteiger partial charge is 0.0408 e. The van der Waals surface area contributed by atoms with Crippen LogP contribution < -0.4 is 5.32 Å². The van der Waals surface area contributed by atoms with E-state index in [1.807, 2.05) is 25.4 Å². The summed E-state index contributed by atoms with van der Waals surface area (Å²) in [6, 6.07) is 0.435. The molecule has 0 saturated carbocycles. The van der Waals surface area contributed by atoms with E-state index in [0.29, 0.717) is 6.04 Å². The molecule has 4 heteroatoms. The van der Waals surface area contributed by atoms with E-state index in [9.17, 15) is 0 Å². The van der Waals surface area contributed by atoms with Crippen LogP contribution in [0.3, 0.4) is 0 Å². The normalized spacial score (nSPS) is 15.0. The largest absolute Gasteiger partial charge is 0.315 e. The minimum Gasteiger partial charge on any atom is -0.315 e. The van der Waals surface area contributed by atoms with E-state index < -0.39 is 0 Å². The summed E-state index contributed by atoms with van der Waals surface area (Å²) in [4.78, 5) is 0. The van der Waals surface area contributed by atoms with Crippen LogP contribution in [0.25, 0.3) is 0 Å². The van der Waals surface area contributed by atoms with Crippen molar-refractivity contribution in [2.24, 2.45) is 5.41 Å². The molecular weight excluding hydrogens is 184 g/mol. The van der Waals surface area contributed by atoms with Gasteiger partial charge in [0.25, 0.3) is 0 Å². The van der Waals surface area contributed by atoms with Gasteiger partial charge in [0.1, 0.15) is 0 Å². The molecule has 0 bridgehead atoms. The predicted molar refractivity (Wildman–Crippen MR) is 59.5 cm³/mol. The number of hydrogen-bond acceptors (Lipinski definition) is 4. The standard InChI is InChI=1S/C9H22N2OS/c1-9(2,3)8(10-4)7-11(5)12-13-6/h8,10H,7H2,1-6H3. The van der Waals surface area contributed by atoms with E-state index in [1.165, 1.54) is 12.0 Å². The average molecular weight is 206 g/mol. The third kappa shape index (κ3) is 5.52. The third-order valence-corrected chi connectivity index (χ3v) is 2.44. The summed E-state index contributed by atoms with van der Waals surface area (Å²) in [5, 5.41) is 5.16. The molecule has 80 valence electrons. The summed E-state index contributed by atoms with van der Waals surface area (Å²) in [6.45, 7) is 7.56. The maximum atomic E-state index is 5.28. The molecule has 13 heavy (non-hydrogen) atoms. The molecule has 1 atom stereocenters. The zero-order valence-corrected chi connectivity index (χ0v) is 10.4. The fourth-order valence-electron chi connectivity index (χ4n) is 1.21. The van der Waals surface area contributed by atoms with Crippen molar-refractivity contribution in [3.63, 3.8) is 0 Å². The molecule has 0 fully saturated rings. The van der Waals surface area contributed by atoms with Crippen molar-refractivity contribution in [3.8, 4) is 0 Å². The average Bonchev–Trinajstić information content (AvgIpc) is 1.98. The van der Waals surface area contributed by atoms with Gasteiger partial charge in [-0.05, 0) is 12.5 Å². The Morgan fingerprint density at radius 1 is 1.46 bits per heavy atom. The Hall–Kier alpha value is 0.230. The zero-order chi connectivity index (χ0) is 10.5. The van der Waals surface area contributed by atoms with Gasteiger partial charge >= 0.3 is 0 Å². The molecule has 0 aromatic rings. The van der Waals surface area contributed by atoms with E-state index >= 15 is 0 Å². The minimum atomic E-state index is 0.255. The molecule has 1 unspecified atom stereocenters. The van der Waals surface area contributed by atoms with E-state index in [1.54, 1.807) is 0 Å². The fraction of sp³-hybridized carbons (Fsp3) is 1.00. The Kier molecular flexibility index (Phi) is 5.96. The second kappa shape index (κ2) is 5.86. The molecule has 0 radical (unpaired) electrons. The highest BCUT2D eigenvalue weighted by Crippen LogP contribution is 2.19. The molecule has 0 amide bonds. The van der Waals surface area contributed by atoms with Crippen LogP contribution in [0.15, 0.2) is 0 Å². The number of hydroxylamine groups is 2. The molecule has 0 spiro atoms. The summed E-state index contributed by atoms with van der Waals surface area (Å²) in [5.74, 6) is 0. The molecule has 1 N–H and O–H groups in total. The molecular formula is C9H22N2OS. The van der Waals surface area contributed by atoms with Gasteiger partial charge in [0.15, 0.2) is 0 Å². The maximum Gasteiger partial charge on any atom is 0.0408 e. The highest BCUT2D eigenvalue weighted by molar-refractivity contribution is 7.93. The lowest BCUT2D eigenvalue weighted by Gasteiger charge is -2.32. The van der Waals surface area contributed by atoms with Crippen LogP contribution in [-0.2, 0) is 4.28 Å². The van der Waals surface area contributed by atoms with Gasteiger partial charge in [0.2, 0.25) is 0 Å². The minimum absolute atomic E-state index is 0.255. The van der Waals surface area contributed by atoms with E-state index in [0.717, 1.165) is 6.54 Å². The van der Waals surface area contributed by atoms with Crippen molar-refractivity contribution in [1.29, 1.82) is 0 Å². The molecule has 0 aliphatic heterocycles. The lowest BCUT2D eigenvalue weighted by molar-refractivity contribution is -0.0264. The van der Waals surface area contributed by atoms with Crippen LogP contribution in [0, 0.1) is 5.41 Å². The second-order valence-electron chi connectivity index (χ2n) is 4.26. The van der Waals surface area contributed by atoms with Gasteiger partial charge in [-0.15, -0.1) is 0 Å². The molecule has 0 aliphatic carbocycles. The molecule has 0 heterocycles. The van der Waals surface area contributed by atoms with Gasteiger partial charge in [-0.1, -0.05) is 20.8 Å². The van der Waals surface area contributed by atoms with E-state index in [2.05, 4.69) is 26.1 Å². The topological polar surface area (TPSA) is 24.5 Å². The van der Waals surface area contributed by atoms with Crippen LogP contribution in [0.2, 0.25) is 0 Å². The van der Waals surface area contributed by atoms with Crippen LogP contribution in [-0.4, -0.2) is 38.0 Å². The third-order valence-electron chi connectivity index (χ3n) is 2.04. The van der Waals surface area contributed by atoms with Gasteiger partial charge in [0, 0.05) is 37.9 Å². The van der Waals surface area contributed by atoms with Crippen LogP contribution >= 0.6 is 12.0 Å². The molecule has 0 aromatic carbocycles. The highest BCUT2D eigenvalue weighted by Gasteiger charge is 2.24. The van der Waals surface area contributed by atoms with Gasteiger partial charge in [-0.2, -0.15) is 5.06 Å². The van der Waals surface area contributed by atoms with Crippen molar-refractivity contribution in [3.05, 3.63) is 0 Å². The first kappa shape index (κ1) is 13.2. The van der Waals surface area contributed by atoms with Crippen molar-refractivity contribution in [2.45, 2.75) is 26.8 Å². The summed E-state index contributed by atoms with van der Waals surface area (Å²) < 4.78 is 5.28. The Morgan fingerprint density at radius 3 is 2.31 bits per heavy atom. The van der Waals surface area contributed by atoms with E-state index in [-0.39, 0.29) is 5.41 Å². The molecule has 0 saturated heterocycles. The summed E-state index contributed by atoms with van der Waals surface area (Å²) in [7, 11) is 3.94. The van der Waals surface area contributed by atoms with Crippen molar-refractivity contribution < 1.29 is 4.28 Å². The fourth-order valence-corrected chi connectivity index (χ4v) is 1.53. The number of nitrogens with one attached hydrogen (secondary N) is 1. The predicted octanol–water partition coefficient (Wildman–Crippen LogP) is 1.76. The van der Waals surface area contributed by atoms with Gasteiger partial charge < -0.3 is 5.32 Å². The highest BCUT2D eigenvalue weighted by atomic mass is 32.2. The molecule has 0 aromatic heterocycles. The number of hydrogen-bond donors (Lipinski definition) is 1. The van der Waals surface area contributed by atoms with E-state index in [4.69, 9.17) is 4.28 Å². The Balaban J connectivity index is 3.98. The number of rotatable bonds is 5. The number of nitrogens with zero attached hydrogens (tertiary/aromatic N) is 1. The monoisotopic (exact) mass is 206 g/mol. The molecule has 3 nitrogen and oxygen atoms in total. The molecule has 0 rings (SSSR count). The first-order chi connectivity index (χ1) is 5.91. The van der Waals surface area contributed by atoms with Crippen molar-refractivity contribution in [2.75, 3.05) is 26.9 Å². The first-order valence-electron chi connectivity index (χ1n) is 4.51. The van der Waals surface area contributed by atoms with Crippen LogP contribution in [0.4, 0.5) is 0 Å². The van der Waals surface area contributed by atoms with Crippen LogP contribution in [0.5, 0.6) is 0 Å². The Morgan fingerprint density at radius 2 is 2.00 bits per heavy atom. The first-order valence-corrected chi connectivity index (χ1v) is 5.66. The Labute approximate surface area is 86.4 Å². The van der Waals surface area contributed by atoms with Crippen LogP contribution in [0.1, 0.15) is 20.8 Å². The van der Waals surface area contributed by atoms with Crippen molar-refractivity contribution >= 4 is 12.0 Å².